The van der Waals surface area contributed by atoms with E-state index in [9.17, 15) is 13.2 Å². The lowest BCUT2D eigenvalue weighted by Crippen LogP contribution is -2.28. The first-order valence-electron chi connectivity index (χ1n) is 8.15. The van der Waals surface area contributed by atoms with E-state index >= 15 is 0 Å². The first-order chi connectivity index (χ1) is 11.8. The summed E-state index contributed by atoms with van der Waals surface area (Å²) in [7, 11) is -0.641. The van der Waals surface area contributed by atoms with Crippen molar-refractivity contribution in [2.45, 2.75) is 31.2 Å². The predicted octanol–water partition coefficient (Wildman–Crippen LogP) is 3.13. The highest BCUT2D eigenvalue weighted by atomic mass is 32.2. The molecule has 0 bridgehead atoms. The number of rotatable bonds is 6. The molecule has 5 nitrogen and oxygen atoms in total. The fourth-order valence-corrected chi connectivity index (χ4v) is 3.42. The van der Waals surface area contributed by atoms with Crippen molar-refractivity contribution in [3.8, 4) is 0 Å². The SMILES string of the molecule is CC[C@H](NC(=O)c1cccc(S(=O)(=O)N(C)C)c1)c1ccc(C)cc1. The van der Waals surface area contributed by atoms with Gasteiger partial charge in [-0.25, -0.2) is 12.7 Å². The van der Waals surface area contributed by atoms with Gasteiger partial charge in [0, 0.05) is 19.7 Å². The van der Waals surface area contributed by atoms with Crippen LogP contribution in [0.2, 0.25) is 0 Å². The fourth-order valence-electron chi connectivity index (χ4n) is 2.47. The molecule has 0 saturated carbocycles. The molecule has 0 unspecified atom stereocenters. The molecule has 6 heteroatoms. The summed E-state index contributed by atoms with van der Waals surface area (Å²) in [5, 5.41) is 2.98. The first-order valence-corrected chi connectivity index (χ1v) is 9.59. The molecule has 0 aliphatic rings. The van der Waals surface area contributed by atoms with Crippen molar-refractivity contribution in [3.05, 3.63) is 65.2 Å². The Kier molecular flexibility index (Phi) is 5.98. The Bertz CT molecular complexity index is 843. The second-order valence-electron chi connectivity index (χ2n) is 6.16. The molecule has 0 aliphatic heterocycles. The summed E-state index contributed by atoms with van der Waals surface area (Å²) in [5.74, 6) is -0.289. The molecule has 0 fully saturated rings. The van der Waals surface area contributed by atoms with E-state index in [2.05, 4.69) is 5.32 Å². The summed E-state index contributed by atoms with van der Waals surface area (Å²) in [4.78, 5) is 12.7. The minimum atomic E-state index is -3.57. The van der Waals surface area contributed by atoms with Crippen LogP contribution in [0.4, 0.5) is 0 Å². The summed E-state index contributed by atoms with van der Waals surface area (Å²) in [6.07, 6.45) is 0.741. The zero-order valence-electron chi connectivity index (χ0n) is 15.0. The van der Waals surface area contributed by atoms with Gasteiger partial charge in [-0.3, -0.25) is 4.79 Å². The zero-order valence-corrected chi connectivity index (χ0v) is 15.8. The predicted molar refractivity (Wildman–Crippen MR) is 99.0 cm³/mol. The van der Waals surface area contributed by atoms with Gasteiger partial charge >= 0.3 is 0 Å². The van der Waals surface area contributed by atoms with E-state index in [1.807, 2.05) is 38.1 Å². The van der Waals surface area contributed by atoms with E-state index in [1.165, 1.54) is 26.2 Å². The van der Waals surface area contributed by atoms with Gasteiger partial charge < -0.3 is 5.32 Å². The Hall–Kier alpha value is -2.18. The lowest BCUT2D eigenvalue weighted by Gasteiger charge is -2.18. The number of carbonyl (C=O) groups is 1. The Morgan fingerprint density at radius 1 is 1.12 bits per heavy atom. The summed E-state index contributed by atoms with van der Waals surface area (Å²) in [5.41, 5.74) is 2.51. The van der Waals surface area contributed by atoms with Crippen molar-refractivity contribution < 1.29 is 13.2 Å². The van der Waals surface area contributed by atoms with Crippen molar-refractivity contribution in [1.29, 1.82) is 0 Å². The first kappa shape index (κ1) is 19.1. The molecule has 0 spiro atoms. The summed E-state index contributed by atoms with van der Waals surface area (Å²) in [6.45, 7) is 4.01. The molecule has 1 N–H and O–H groups in total. The number of hydrogen-bond acceptors (Lipinski definition) is 3. The van der Waals surface area contributed by atoms with Gasteiger partial charge in [0.15, 0.2) is 0 Å². The van der Waals surface area contributed by atoms with Gasteiger partial charge in [0.2, 0.25) is 10.0 Å². The highest BCUT2D eigenvalue weighted by Crippen LogP contribution is 2.19. The number of amides is 1. The van der Waals surface area contributed by atoms with E-state index in [1.54, 1.807) is 12.1 Å². The van der Waals surface area contributed by atoms with Crippen molar-refractivity contribution in [3.63, 3.8) is 0 Å². The standard InChI is InChI=1S/C19H24N2O3S/c1-5-18(15-11-9-14(2)10-12-15)20-19(22)16-7-6-8-17(13-16)25(23,24)21(3)4/h6-13,18H,5H2,1-4H3,(H,20,22)/t18-/m0/s1. The summed E-state index contributed by atoms with van der Waals surface area (Å²) >= 11 is 0. The van der Waals surface area contributed by atoms with Crippen molar-refractivity contribution in [2.24, 2.45) is 0 Å². The normalized spacial score (nSPS) is 12.8. The Morgan fingerprint density at radius 3 is 2.32 bits per heavy atom. The number of hydrogen-bond donors (Lipinski definition) is 1. The lowest BCUT2D eigenvalue weighted by atomic mass is 10.0. The van der Waals surface area contributed by atoms with Gasteiger partial charge in [0.1, 0.15) is 0 Å². The monoisotopic (exact) mass is 360 g/mol. The average molecular weight is 360 g/mol. The number of aryl methyl sites for hydroxylation is 1. The molecule has 1 atom stereocenters. The van der Waals surface area contributed by atoms with Crippen LogP contribution in [0.3, 0.4) is 0 Å². The quantitative estimate of drug-likeness (QED) is 0.861. The molecule has 0 saturated heterocycles. The maximum absolute atomic E-state index is 12.6. The Morgan fingerprint density at radius 2 is 1.76 bits per heavy atom. The second kappa shape index (κ2) is 7.80. The molecular formula is C19H24N2O3S. The number of carbonyl (C=O) groups excluding carboxylic acids is 1. The minimum absolute atomic E-state index is 0.105. The van der Waals surface area contributed by atoms with Crippen LogP contribution in [0.1, 0.15) is 40.9 Å². The number of nitrogens with zero attached hydrogens (tertiary/aromatic N) is 1. The summed E-state index contributed by atoms with van der Waals surface area (Å²) < 4.78 is 25.6. The minimum Gasteiger partial charge on any atom is -0.345 e. The fraction of sp³-hybridized carbons (Fsp3) is 0.316. The molecule has 25 heavy (non-hydrogen) atoms. The third kappa shape index (κ3) is 4.46. The van der Waals surface area contributed by atoms with E-state index in [-0.39, 0.29) is 16.8 Å². The molecule has 0 aromatic heterocycles. The summed E-state index contributed by atoms with van der Waals surface area (Å²) in [6, 6.07) is 14.0. The van der Waals surface area contributed by atoms with Gasteiger partial charge in [0.25, 0.3) is 5.91 Å². The highest BCUT2D eigenvalue weighted by molar-refractivity contribution is 7.89. The van der Waals surface area contributed by atoms with Crippen LogP contribution in [-0.2, 0) is 10.0 Å². The number of benzene rings is 2. The smallest absolute Gasteiger partial charge is 0.251 e. The highest BCUT2D eigenvalue weighted by Gasteiger charge is 2.20. The lowest BCUT2D eigenvalue weighted by molar-refractivity contribution is 0.0935. The average Bonchev–Trinajstić information content (AvgIpc) is 2.60. The topological polar surface area (TPSA) is 66.5 Å². The number of sulfonamides is 1. The third-order valence-corrected chi connectivity index (χ3v) is 5.88. The van der Waals surface area contributed by atoms with E-state index in [0.29, 0.717) is 5.56 Å². The molecule has 0 aliphatic carbocycles. The Labute approximate surface area is 149 Å². The molecule has 2 rings (SSSR count). The van der Waals surface area contributed by atoms with Crippen LogP contribution < -0.4 is 5.32 Å². The van der Waals surface area contributed by atoms with Gasteiger partial charge in [-0.15, -0.1) is 0 Å². The third-order valence-electron chi connectivity index (χ3n) is 4.07. The van der Waals surface area contributed by atoms with Crippen LogP contribution in [0.5, 0.6) is 0 Å². The maximum Gasteiger partial charge on any atom is 0.251 e. The van der Waals surface area contributed by atoms with Gasteiger partial charge in [-0.2, -0.15) is 0 Å². The van der Waals surface area contributed by atoms with Crippen molar-refractivity contribution >= 4 is 15.9 Å². The number of nitrogens with one attached hydrogen (secondary N) is 1. The zero-order chi connectivity index (χ0) is 18.6. The van der Waals surface area contributed by atoms with Crippen LogP contribution in [0.25, 0.3) is 0 Å². The molecule has 0 heterocycles. The van der Waals surface area contributed by atoms with E-state index < -0.39 is 10.0 Å². The van der Waals surface area contributed by atoms with Gasteiger partial charge in [0.05, 0.1) is 10.9 Å². The molecule has 2 aromatic rings. The second-order valence-corrected chi connectivity index (χ2v) is 8.31. The van der Waals surface area contributed by atoms with Gasteiger partial charge in [-0.05, 0) is 37.1 Å². The van der Waals surface area contributed by atoms with Crippen LogP contribution in [0.15, 0.2) is 53.4 Å². The van der Waals surface area contributed by atoms with Gasteiger partial charge in [-0.1, -0.05) is 42.8 Å². The maximum atomic E-state index is 12.6. The largest absolute Gasteiger partial charge is 0.345 e. The Balaban J connectivity index is 2.24. The molecule has 1 amide bonds. The van der Waals surface area contributed by atoms with Crippen LogP contribution >= 0.6 is 0 Å². The van der Waals surface area contributed by atoms with Crippen LogP contribution in [-0.4, -0.2) is 32.7 Å². The molecule has 2 aromatic carbocycles. The van der Waals surface area contributed by atoms with Crippen molar-refractivity contribution in [2.75, 3.05) is 14.1 Å². The van der Waals surface area contributed by atoms with E-state index in [0.717, 1.165) is 21.9 Å². The molecule has 0 radical (unpaired) electrons. The molecular weight excluding hydrogens is 336 g/mol. The molecule has 134 valence electrons. The van der Waals surface area contributed by atoms with Crippen molar-refractivity contribution in [1.82, 2.24) is 9.62 Å². The van der Waals surface area contributed by atoms with Crippen LogP contribution in [0, 0.1) is 6.92 Å². The van der Waals surface area contributed by atoms with E-state index in [4.69, 9.17) is 0 Å².